The van der Waals surface area contributed by atoms with Crippen LogP contribution >= 0.6 is 11.6 Å². The van der Waals surface area contributed by atoms with Gasteiger partial charge in [0.05, 0.1) is 12.8 Å². The topological polar surface area (TPSA) is 47.4 Å². The van der Waals surface area contributed by atoms with Crippen LogP contribution in [0.5, 0.6) is 5.75 Å². The lowest BCUT2D eigenvalue weighted by atomic mass is 9.98. The van der Waals surface area contributed by atoms with Gasteiger partial charge in [-0.15, -0.1) is 0 Å². The highest BCUT2D eigenvalue weighted by molar-refractivity contribution is 6.28. The lowest BCUT2D eigenvalue weighted by Crippen LogP contribution is -2.44. The van der Waals surface area contributed by atoms with Gasteiger partial charge in [-0.05, 0) is 72.2 Å². The lowest BCUT2D eigenvalue weighted by Gasteiger charge is -2.33. The van der Waals surface area contributed by atoms with Crippen molar-refractivity contribution in [1.82, 2.24) is 14.5 Å². The standard InChI is InChI=1S/C25H24ClN3O2/c1-31-23-14-17(8-9-22(23)29-12-10-27-25(29)26)13-20-7-4-11-28(24(20)30)21-15-18-5-2-3-6-19(18)16-21/h2-3,5-6,8-10,12-14,21H,4,7,11,15-16H2,1H3/b20-13+. The van der Waals surface area contributed by atoms with Crippen LogP contribution in [0, 0.1) is 0 Å². The van der Waals surface area contributed by atoms with Gasteiger partial charge in [0.15, 0.2) is 0 Å². The van der Waals surface area contributed by atoms with Crippen molar-refractivity contribution < 1.29 is 9.53 Å². The zero-order valence-electron chi connectivity index (χ0n) is 17.4. The maximum Gasteiger partial charge on any atom is 0.250 e. The van der Waals surface area contributed by atoms with Gasteiger partial charge < -0.3 is 9.64 Å². The number of carbonyl (C=O) groups is 1. The molecule has 2 heterocycles. The first kappa shape index (κ1) is 19.9. The molecule has 1 saturated heterocycles. The molecular formula is C25H24ClN3O2. The second-order valence-corrected chi connectivity index (χ2v) is 8.44. The number of hydrogen-bond donors (Lipinski definition) is 0. The Morgan fingerprint density at radius 3 is 2.61 bits per heavy atom. The lowest BCUT2D eigenvalue weighted by molar-refractivity contribution is -0.130. The molecule has 0 radical (unpaired) electrons. The summed E-state index contributed by atoms with van der Waals surface area (Å²) in [6.07, 6.45) is 9.12. The molecule has 0 unspecified atom stereocenters. The van der Waals surface area contributed by atoms with Gasteiger partial charge in [-0.2, -0.15) is 0 Å². The predicted octanol–water partition coefficient (Wildman–Crippen LogP) is 4.71. The number of fused-ring (bicyclic) bond motifs is 1. The van der Waals surface area contributed by atoms with E-state index in [4.69, 9.17) is 16.3 Å². The third kappa shape index (κ3) is 3.74. The Hall–Kier alpha value is -3.05. The van der Waals surface area contributed by atoms with Crippen LogP contribution in [0.25, 0.3) is 11.8 Å². The number of likely N-dealkylation sites (tertiary alicyclic amines) is 1. The Kier molecular flexibility index (Phi) is 5.28. The SMILES string of the molecule is COc1cc(/C=C2\CCCN(C3Cc4ccccc4C3)C2=O)ccc1-n1ccnc1Cl. The Morgan fingerprint density at radius 2 is 1.94 bits per heavy atom. The van der Waals surface area contributed by atoms with Gasteiger partial charge >= 0.3 is 0 Å². The van der Waals surface area contributed by atoms with Crippen molar-refractivity contribution in [2.45, 2.75) is 31.7 Å². The van der Waals surface area contributed by atoms with E-state index in [1.165, 1.54) is 11.1 Å². The molecule has 0 atom stereocenters. The molecule has 2 aliphatic rings. The van der Waals surface area contributed by atoms with Crippen LogP contribution in [0.15, 0.2) is 60.4 Å². The summed E-state index contributed by atoms with van der Waals surface area (Å²) in [5.74, 6) is 0.838. The van der Waals surface area contributed by atoms with Crippen molar-refractivity contribution in [2.24, 2.45) is 0 Å². The summed E-state index contributed by atoms with van der Waals surface area (Å²) >= 11 is 6.16. The van der Waals surface area contributed by atoms with Crippen LogP contribution in [-0.2, 0) is 17.6 Å². The van der Waals surface area contributed by atoms with E-state index in [0.717, 1.165) is 49.1 Å². The first-order valence-electron chi connectivity index (χ1n) is 10.6. The van der Waals surface area contributed by atoms with Gasteiger partial charge in [0.2, 0.25) is 11.2 Å². The van der Waals surface area contributed by atoms with Gasteiger partial charge in [0, 0.05) is 30.6 Å². The summed E-state index contributed by atoms with van der Waals surface area (Å²) in [5.41, 5.74) is 5.35. The van der Waals surface area contributed by atoms with Crippen LogP contribution in [-0.4, -0.2) is 40.1 Å². The number of rotatable bonds is 4. The normalized spacial score (nSPS) is 17.9. The predicted molar refractivity (Wildman–Crippen MR) is 122 cm³/mol. The molecule has 31 heavy (non-hydrogen) atoms. The third-order valence-corrected chi connectivity index (χ3v) is 6.53. The van der Waals surface area contributed by atoms with Gasteiger partial charge in [-0.1, -0.05) is 30.3 Å². The number of methoxy groups -OCH3 is 1. The number of hydrogen-bond acceptors (Lipinski definition) is 3. The molecule has 1 aliphatic carbocycles. The summed E-state index contributed by atoms with van der Waals surface area (Å²) in [7, 11) is 1.63. The average Bonchev–Trinajstić information content (AvgIpc) is 3.41. The quantitative estimate of drug-likeness (QED) is 0.560. The third-order valence-electron chi connectivity index (χ3n) is 6.25. The Balaban J connectivity index is 1.39. The zero-order valence-corrected chi connectivity index (χ0v) is 18.2. The summed E-state index contributed by atoms with van der Waals surface area (Å²) < 4.78 is 7.35. The van der Waals surface area contributed by atoms with Crippen LogP contribution < -0.4 is 4.74 Å². The van der Waals surface area contributed by atoms with Crippen LogP contribution in [0.4, 0.5) is 0 Å². The van der Waals surface area contributed by atoms with Gasteiger partial charge in [-0.3, -0.25) is 9.36 Å². The maximum absolute atomic E-state index is 13.3. The van der Waals surface area contributed by atoms with E-state index in [-0.39, 0.29) is 11.9 Å². The number of amides is 1. The van der Waals surface area contributed by atoms with Crippen molar-refractivity contribution >= 4 is 23.6 Å². The van der Waals surface area contributed by atoms with E-state index < -0.39 is 0 Å². The number of nitrogens with zero attached hydrogens (tertiary/aromatic N) is 3. The van der Waals surface area contributed by atoms with E-state index in [1.807, 2.05) is 24.3 Å². The fourth-order valence-electron chi connectivity index (χ4n) is 4.72. The zero-order chi connectivity index (χ0) is 21.4. The monoisotopic (exact) mass is 433 g/mol. The number of aromatic nitrogens is 2. The number of piperidine rings is 1. The van der Waals surface area contributed by atoms with E-state index in [9.17, 15) is 4.79 Å². The summed E-state index contributed by atoms with van der Waals surface area (Å²) in [6, 6.07) is 14.7. The number of carbonyl (C=O) groups excluding carboxylic acids is 1. The minimum Gasteiger partial charge on any atom is -0.495 e. The number of halogens is 1. The highest BCUT2D eigenvalue weighted by atomic mass is 35.5. The molecule has 1 aliphatic heterocycles. The van der Waals surface area contributed by atoms with Crippen molar-refractivity contribution in [1.29, 1.82) is 0 Å². The maximum atomic E-state index is 13.3. The largest absolute Gasteiger partial charge is 0.495 e. The molecule has 6 heteroatoms. The van der Waals surface area contributed by atoms with E-state index >= 15 is 0 Å². The molecule has 2 aromatic carbocycles. The van der Waals surface area contributed by atoms with Gasteiger partial charge in [0.25, 0.3) is 0 Å². The molecule has 0 saturated carbocycles. The smallest absolute Gasteiger partial charge is 0.250 e. The second-order valence-electron chi connectivity index (χ2n) is 8.10. The van der Waals surface area contributed by atoms with Crippen LogP contribution in [0.1, 0.15) is 29.5 Å². The van der Waals surface area contributed by atoms with E-state index in [1.54, 1.807) is 24.1 Å². The number of imidazole rings is 1. The van der Waals surface area contributed by atoms with Crippen LogP contribution in [0.3, 0.4) is 0 Å². The minimum atomic E-state index is 0.157. The Morgan fingerprint density at radius 1 is 1.16 bits per heavy atom. The number of benzene rings is 2. The summed E-state index contributed by atoms with van der Waals surface area (Å²) in [4.78, 5) is 19.5. The van der Waals surface area contributed by atoms with Crippen LogP contribution in [0.2, 0.25) is 5.28 Å². The fraction of sp³-hybridized carbons (Fsp3) is 0.280. The minimum absolute atomic E-state index is 0.157. The molecule has 158 valence electrons. The van der Waals surface area contributed by atoms with E-state index in [2.05, 4.69) is 34.1 Å². The molecule has 5 nitrogen and oxygen atoms in total. The highest BCUT2D eigenvalue weighted by Crippen LogP contribution is 2.31. The van der Waals surface area contributed by atoms with Crippen molar-refractivity contribution in [3.05, 3.63) is 82.4 Å². The summed E-state index contributed by atoms with van der Waals surface area (Å²) in [6.45, 7) is 0.830. The molecule has 3 aromatic rings. The molecule has 0 spiro atoms. The van der Waals surface area contributed by atoms with Crippen molar-refractivity contribution in [3.8, 4) is 11.4 Å². The first-order chi connectivity index (χ1) is 15.1. The van der Waals surface area contributed by atoms with E-state index in [0.29, 0.717) is 11.0 Å². The molecule has 1 amide bonds. The fourth-order valence-corrected chi connectivity index (χ4v) is 4.92. The molecule has 1 aromatic heterocycles. The average molecular weight is 434 g/mol. The molecule has 0 N–H and O–H groups in total. The molecule has 0 bridgehead atoms. The molecule has 1 fully saturated rings. The summed E-state index contributed by atoms with van der Waals surface area (Å²) in [5, 5.41) is 0.375. The van der Waals surface area contributed by atoms with Gasteiger partial charge in [-0.25, -0.2) is 4.98 Å². The van der Waals surface area contributed by atoms with Crippen molar-refractivity contribution in [2.75, 3.05) is 13.7 Å². The first-order valence-corrected chi connectivity index (χ1v) is 11.0. The van der Waals surface area contributed by atoms with Gasteiger partial charge in [0.1, 0.15) is 5.75 Å². The highest BCUT2D eigenvalue weighted by Gasteiger charge is 2.33. The second kappa shape index (κ2) is 8.23. The van der Waals surface area contributed by atoms with Crippen molar-refractivity contribution in [3.63, 3.8) is 0 Å². The Labute approximate surface area is 186 Å². The molecule has 5 rings (SSSR count). The molecular weight excluding hydrogens is 410 g/mol. The number of ether oxygens (including phenoxy) is 1. The Bertz CT molecular complexity index is 1140.